The maximum Gasteiger partial charge on any atom is 0.0462 e. The van der Waals surface area contributed by atoms with E-state index in [9.17, 15) is 5.11 Å². The third kappa shape index (κ3) is 3.70. The van der Waals surface area contributed by atoms with Crippen molar-refractivity contribution in [2.24, 2.45) is 11.8 Å². The fourth-order valence-electron chi connectivity index (χ4n) is 2.68. The summed E-state index contributed by atoms with van der Waals surface area (Å²) in [6.45, 7) is 2.16. The van der Waals surface area contributed by atoms with Gasteiger partial charge < -0.3 is 10.4 Å². The lowest BCUT2D eigenvalue weighted by Gasteiger charge is -2.18. The molecule has 1 aliphatic carbocycles. The van der Waals surface area contributed by atoms with Crippen LogP contribution in [0.15, 0.2) is 22.7 Å². The van der Waals surface area contributed by atoms with E-state index in [1.54, 1.807) is 0 Å². The molecule has 2 atom stereocenters. The van der Waals surface area contributed by atoms with E-state index in [1.807, 2.05) is 18.2 Å². The number of hydrogen-bond donors (Lipinski definition) is 2. The lowest BCUT2D eigenvalue weighted by Crippen LogP contribution is -2.26. The Hall–Kier alpha value is -0.0900. The van der Waals surface area contributed by atoms with Crippen molar-refractivity contribution in [3.05, 3.63) is 33.3 Å². The van der Waals surface area contributed by atoms with Crippen LogP contribution in [0.1, 0.15) is 24.8 Å². The number of aliphatic hydroxyl groups is 1. The van der Waals surface area contributed by atoms with Crippen molar-refractivity contribution in [2.75, 3.05) is 13.2 Å². The molecule has 2 unspecified atom stereocenters. The molecule has 0 heterocycles. The van der Waals surface area contributed by atoms with Gasteiger partial charge in [0.2, 0.25) is 0 Å². The van der Waals surface area contributed by atoms with E-state index >= 15 is 0 Å². The number of nitrogens with one attached hydrogen (secondary N) is 1. The van der Waals surface area contributed by atoms with Crippen LogP contribution in [0.4, 0.5) is 0 Å². The molecule has 0 spiro atoms. The van der Waals surface area contributed by atoms with Gasteiger partial charge in [-0.3, -0.25) is 0 Å². The zero-order chi connectivity index (χ0) is 13.0. The number of aliphatic hydroxyl groups excluding tert-OH is 1. The number of rotatable bonds is 5. The second kappa shape index (κ2) is 6.90. The Morgan fingerprint density at radius 1 is 1.33 bits per heavy atom. The molecule has 1 aromatic rings. The second-order valence-electron chi connectivity index (χ2n) is 5.00. The Morgan fingerprint density at radius 2 is 2.11 bits per heavy atom. The van der Waals surface area contributed by atoms with Crippen molar-refractivity contribution in [1.82, 2.24) is 5.32 Å². The van der Waals surface area contributed by atoms with Gasteiger partial charge in [0, 0.05) is 22.6 Å². The molecule has 2 N–H and O–H groups in total. The second-order valence-corrected chi connectivity index (χ2v) is 6.29. The van der Waals surface area contributed by atoms with Gasteiger partial charge in [0.15, 0.2) is 0 Å². The van der Waals surface area contributed by atoms with Crippen LogP contribution in [0.5, 0.6) is 0 Å². The number of halogens is 2. The fraction of sp³-hybridized carbons (Fsp3) is 0.571. The zero-order valence-electron chi connectivity index (χ0n) is 10.3. The summed E-state index contributed by atoms with van der Waals surface area (Å²) >= 11 is 9.44. The summed E-state index contributed by atoms with van der Waals surface area (Å²) in [5.41, 5.74) is 1.22. The summed E-state index contributed by atoms with van der Waals surface area (Å²) in [4.78, 5) is 0. The van der Waals surface area contributed by atoms with Gasteiger partial charge in [-0.15, -0.1) is 0 Å². The highest BCUT2D eigenvalue weighted by molar-refractivity contribution is 9.10. The highest BCUT2D eigenvalue weighted by Crippen LogP contribution is 2.30. The van der Waals surface area contributed by atoms with Crippen molar-refractivity contribution in [3.63, 3.8) is 0 Å². The van der Waals surface area contributed by atoms with Gasteiger partial charge in [0.25, 0.3) is 0 Å². The van der Waals surface area contributed by atoms with Crippen molar-refractivity contribution in [2.45, 2.75) is 25.8 Å². The first-order valence-corrected chi connectivity index (χ1v) is 7.63. The minimum atomic E-state index is 0.330. The highest BCUT2D eigenvalue weighted by Gasteiger charge is 2.25. The molecule has 100 valence electrons. The molecule has 1 fully saturated rings. The first-order valence-electron chi connectivity index (χ1n) is 6.46. The fourth-order valence-corrected chi connectivity index (χ4v) is 3.50. The van der Waals surface area contributed by atoms with Crippen LogP contribution in [0.2, 0.25) is 5.02 Å². The van der Waals surface area contributed by atoms with Gasteiger partial charge in [0.1, 0.15) is 0 Å². The minimum Gasteiger partial charge on any atom is -0.396 e. The molecule has 0 radical (unpaired) electrons. The average Bonchev–Trinajstić information content (AvgIpc) is 2.79. The van der Waals surface area contributed by atoms with E-state index in [2.05, 4.69) is 21.2 Å². The van der Waals surface area contributed by atoms with Crippen LogP contribution in [0.25, 0.3) is 0 Å². The van der Waals surface area contributed by atoms with Gasteiger partial charge >= 0.3 is 0 Å². The zero-order valence-corrected chi connectivity index (χ0v) is 12.7. The molecule has 0 saturated heterocycles. The largest absolute Gasteiger partial charge is 0.396 e. The Morgan fingerprint density at radius 3 is 2.83 bits per heavy atom. The quantitative estimate of drug-likeness (QED) is 0.863. The maximum absolute atomic E-state index is 9.28. The van der Waals surface area contributed by atoms with E-state index in [0.717, 1.165) is 22.6 Å². The van der Waals surface area contributed by atoms with E-state index in [1.165, 1.54) is 24.8 Å². The first-order chi connectivity index (χ1) is 8.70. The lowest BCUT2D eigenvalue weighted by molar-refractivity contribution is 0.192. The van der Waals surface area contributed by atoms with Crippen LogP contribution in [-0.4, -0.2) is 18.3 Å². The number of benzene rings is 1. The predicted molar refractivity (Wildman–Crippen MR) is 78.8 cm³/mol. The van der Waals surface area contributed by atoms with Crippen LogP contribution < -0.4 is 5.32 Å². The molecule has 1 saturated carbocycles. The molecule has 2 rings (SSSR count). The summed E-state index contributed by atoms with van der Waals surface area (Å²) < 4.78 is 1.05. The molecular formula is C14H19BrClNO. The Kier molecular flexibility index (Phi) is 5.49. The topological polar surface area (TPSA) is 32.3 Å². The molecule has 4 heteroatoms. The van der Waals surface area contributed by atoms with E-state index in [-0.39, 0.29) is 0 Å². The minimum absolute atomic E-state index is 0.330. The smallest absolute Gasteiger partial charge is 0.0462 e. The Balaban J connectivity index is 1.81. The van der Waals surface area contributed by atoms with Gasteiger partial charge in [-0.2, -0.15) is 0 Å². The molecule has 0 amide bonds. The van der Waals surface area contributed by atoms with Gasteiger partial charge in [0.05, 0.1) is 0 Å². The third-order valence-electron chi connectivity index (χ3n) is 3.79. The Bertz CT molecular complexity index is 399. The van der Waals surface area contributed by atoms with Gasteiger partial charge in [-0.1, -0.05) is 40.0 Å². The summed E-state index contributed by atoms with van der Waals surface area (Å²) in [6, 6.07) is 5.87. The number of hydrogen-bond acceptors (Lipinski definition) is 2. The molecular weight excluding hydrogens is 314 g/mol. The van der Waals surface area contributed by atoms with Crippen molar-refractivity contribution >= 4 is 27.5 Å². The maximum atomic E-state index is 9.28. The van der Waals surface area contributed by atoms with Crippen LogP contribution in [0, 0.1) is 11.8 Å². The van der Waals surface area contributed by atoms with Gasteiger partial charge in [-0.25, -0.2) is 0 Å². The van der Waals surface area contributed by atoms with E-state index in [0.29, 0.717) is 18.4 Å². The molecule has 1 aromatic carbocycles. The van der Waals surface area contributed by atoms with Gasteiger partial charge in [-0.05, 0) is 48.9 Å². The van der Waals surface area contributed by atoms with E-state index < -0.39 is 0 Å². The molecule has 1 aliphatic rings. The molecule has 2 nitrogen and oxygen atoms in total. The summed E-state index contributed by atoms with van der Waals surface area (Å²) in [7, 11) is 0. The van der Waals surface area contributed by atoms with Crippen molar-refractivity contribution < 1.29 is 5.11 Å². The van der Waals surface area contributed by atoms with Crippen LogP contribution in [-0.2, 0) is 6.54 Å². The SMILES string of the molecule is OCC1CCCC1CNCc1ccc(Cl)cc1Br. The van der Waals surface area contributed by atoms with Crippen molar-refractivity contribution in [3.8, 4) is 0 Å². The van der Waals surface area contributed by atoms with Crippen LogP contribution >= 0.6 is 27.5 Å². The molecule has 0 aromatic heterocycles. The average molecular weight is 333 g/mol. The third-order valence-corrected chi connectivity index (χ3v) is 4.76. The molecule has 0 bridgehead atoms. The monoisotopic (exact) mass is 331 g/mol. The molecule has 0 aliphatic heterocycles. The Labute approximate surface area is 122 Å². The predicted octanol–water partition coefficient (Wildman–Crippen LogP) is 3.60. The van der Waals surface area contributed by atoms with Crippen molar-refractivity contribution in [1.29, 1.82) is 0 Å². The summed E-state index contributed by atoms with van der Waals surface area (Å²) in [6.07, 6.45) is 3.66. The molecule has 18 heavy (non-hydrogen) atoms. The van der Waals surface area contributed by atoms with E-state index in [4.69, 9.17) is 11.6 Å². The summed E-state index contributed by atoms with van der Waals surface area (Å²) in [5, 5.41) is 13.5. The standard InChI is InChI=1S/C14H19BrClNO/c15-14-6-13(16)5-4-11(14)8-17-7-10-2-1-3-12(10)9-18/h4-6,10,12,17-18H,1-3,7-9H2. The first kappa shape index (κ1) is 14.3. The van der Waals surface area contributed by atoms with Crippen LogP contribution in [0.3, 0.4) is 0 Å². The summed E-state index contributed by atoms with van der Waals surface area (Å²) in [5.74, 6) is 1.12. The highest BCUT2D eigenvalue weighted by atomic mass is 79.9. The normalized spacial score (nSPS) is 23.5. The lowest BCUT2D eigenvalue weighted by atomic mass is 9.97.